The van der Waals surface area contributed by atoms with Crippen molar-refractivity contribution in [2.75, 3.05) is 5.32 Å². The van der Waals surface area contributed by atoms with Crippen molar-refractivity contribution in [1.29, 1.82) is 5.26 Å². The lowest BCUT2D eigenvalue weighted by molar-refractivity contribution is -0.387. The molecule has 1 heterocycles. The molecule has 1 amide bonds. The fourth-order valence-corrected chi connectivity index (χ4v) is 4.24. The molecule has 7 nitrogen and oxygen atoms in total. The Kier molecular flexibility index (Phi) is 6.03. The second-order valence-electron chi connectivity index (χ2n) is 5.78. The van der Waals surface area contributed by atoms with Gasteiger partial charge in [-0.1, -0.05) is 23.9 Å². The molecule has 2 aromatic carbocycles. The normalized spacial score (nSPS) is 10.3. The predicted molar refractivity (Wildman–Crippen MR) is 108 cm³/mol. The third kappa shape index (κ3) is 4.73. The summed E-state index contributed by atoms with van der Waals surface area (Å²) in [5.74, 6) is -0.447. The SMILES string of the molecule is Cc1csc(Sc2ccc(C(=O)Nc3ccc(CC#N)cc3)cc2[N+](=O)[O-])n1. The average molecular weight is 410 g/mol. The quantitative estimate of drug-likeness (QED) is 0.460. The number of carbonyl (C=O) groups excluding carboxylic acids is 1. The van der Waals surface area contributed by atoms with Crippen LogP contribution in [0.4, 0.5) is 11.4 Å². The van der Waals surface area contributed by atoms with Crippen LogP contribution in [0.5, 0.6) is 0 Å². The molecule has 1 aromatic heterocycles. The lowest BCUT2D eigenvalue weighted by Crippen LogP contribution is -2.12. The molecular weight excluding hydrogens is 396 g/mol. The first-order valence-corrected chi connectivity index (χ1v) is 9.81. The van der Waals surface area contributed by atoms with Gasteiger partial charge < -0.3 is 5.32 Å². The maximum Gasteiger partial charge on any atom is 0.284 e. The van der Waals surface area contributed by atoms with E-state index in [4.69, 9.17) is 5.26 Å². The van der Waals surface area contributed by atoms with Crippen molar-refractivity contribution >= 4 is 40.4 Å². The van der Waals surface area contributed by atoms with E-state index in [9.17, 15) is 14.9 Å². The minimum Gasteiger partial charge on any atom is -0.322 e. The number of aryl methyl sites for hydroxylation is 1. The number of benzene rings is 2. The fourth-order valence-electron chi connectivity index (χ4n) is 2.36. The van der Waals surface area contributed by atoms with Gasteiger partial charge in [-0.05, 0) is 36.8 Å². The summed E-state index contributed by atoms with van der Waals surface area (Å²) in [5, 5.41) is 24.7. The van der Waals surface area contributed by atoms with E-state index in [2.05, 4.69) is 16.4 Å². The average Bonchev–Trinajstić information content (AvgIpc) is 3.08. The van der Waals surface area contributed by atoms with Crippen LogP contribution in [0, 0.1) is 28.4 Å². The van der Waals surface area contributed by atoms with Crippen LogP contribution in [0.1, 0.15) is 21.6 Å². The summed E-state index contributed by atoms with van der Waals surface area (Å²) in [6, 6.07) is 13.3. The molecule has 0 unspecified atom stereocenters. The summed E-state index contributed by atoms with van der Waals surface area (Å²) in [7, 11) is 0. The fraction of sp³-hybridized carbons (Fsp3) is 0.105. The highest BCUT2D eigenvalue weighted by molar-refractivity contribution is 8.01. The Balaban J connectivity index is 1.79. The summed E-state index contributed by atoms with van der Waals surface area (Å²) >= 11 is 2.61. The van der Waals surface area contributed by atoms with E-state index in [0.29, 0.717) is 14.9 Å². The van der Waals surface area contributed by atoms with E-state index in [1.165, 1.54) is 29.2 Å². The lowest BCUT2D eigenvalue weighted by atomic mass is 10.1. The number of aromatic nitrogens is 1. The molecule has 0 saturated carbocycles. The molecule has 0 atom stereocenters. The molecular formula is C19H14N4O3S2. The Hall–Kier alpha value is -3.22. The molecule has 0 aliphatic rings. The van der Waals surface area contributed by atoms with Gasteiger partial charge in [0.05, 0.1) is 22.3 Å². The Morgan fingerprint density at radius 1 is 1.32 bits per heavy atom. The van der Waals surface area contributed by atoms with Crippen LogP contribution in [0.2, 0.25) is 0 Å². The highest BCUT2D eigenvalue weighted by Gasteiger charge is 2.19. The number of carbonyl (C=O) groups is 1. The van der Waals surface area contributed by atoms with Crippen molar-refractivity contribution in [3.8, 4) is 6.07 Å². The second-order valence-corrected chi connectivity index (χ2v) is 7.93. The molecule has 140 valence electrons. The molecule has 1 N–H and O–H groups in total. The number of anilines is 1. The topological polar surface area (TPSA) is 109 Å². The number of nitrogens with zero attached hydrogens (tertiary/aromatic N) is 3. The van der Waals surface area contributed by atoms with Gasteiger partial charge in [-0.2, -0.15) is 5.26 Å². The van der Waals surface area contributed by atoms with E-state index in [1.54, 1.807) is 36.4 Å². The number of thiazole rings is 1. The molecule has 3 rings (SSSR count). The maximum absolute atomic E-state index is 12.5. The van der Waals surface area contributed by atoms with Crippen LogP contribution >= 0.6 is 23.1 Å². The zero-order chi connectivity index (χ0) is 20.1. The Labute approximate surface area is 169 Å². The maximum atomic E-state index is 12.5. The van der Waals surface area contributed by atoms with Crippen molar-refractivity contribution in [3.63, 3.8) is 0 Å². The number of nitriles is 1. The summed E-state index contributed by atoms with van der Waals surface area (Å²) in [5.41, 5.74) is 2.29. The van der Waals surface area contributed by atoms with Gasteiger partial charge in [0.15, 0.2) is 4.34 Å². The largest absolute Gasteiger partial charge is 0.322 e. The lowest BCUT2D eigenvalue weighted by Gasteiger charge is -2.07. The zero-order valence-electron chi connectivity index (χ0n) is 14.7. The van der Waals surface area contributed by atoms with Crippen LogP contribution in [-0.4, -0.2) is 15.8 Å². The molecule has 0 radical (unpaired) electrons. The first kappa shape index (κ1) is 19.5. The van der Waals surface area contributed by atoms with Crippen molar-refractivity contribution in [3.05, 3.63) is 74.8 Å². The van der Waals surface area contributed by atoms with Crippen LogP contribution < -0.4 is 5.32 Å². The van der Waals surface area contributed by atoms with E-state index < -0.39 is 10.8 Å². The number of nitro groups is 1. The van der Waals surface area contributed by atoms with Gasteiger partial charge in [0.2, 0.25) is 0 Å². The van der Waals surface area contributed by atoms with E-state index in [0.717, 1.165) is 11.3 Å². The summed E-state index contributed by atoms with van der Waals surface area (Å²) in [4.78, 5) is 28.2. The number of hydrogen-bond donors (Lipinski definition) is 1. The highest BCUT2D eigenvalue weighted by Crippen LogP contribution is 2.36. The third-order valence-electron chi connectivity index (χ3n) is 3.71. The van der Waals surface area contributed by atoms with Gasteiger partial charge in [-0.15, -0.1) is 11.3 Å². The van der Waals surface area contributed by atoms with Gasteiger partial charge >= 0.3 is 0 Å². The second kappa shape index (κ2) is 8.65. The molecule has 28 heavy (non-hydrogen) atoms. The Morgan fingerprint density at radius 3 is 2.68 bits per heavy atom. The monoisotopic (exact) mass is 410 g/mol. The molecule has 0 fully saturated rings. The first-order chi connectivity index (χ1) is 13.5. The molecule has 0 aliphatic carbocycles. The van der Waals surface area contributed by atoms with E-state index in [1.807, 2.05) is 12.3 Å². The summed E-state index contributed by atoms with van der Waals surface area (Å²) < 4.78 is 0.704. The van der Waals surface area contributed by atoms with Gasteiger partial charge in [0.25, 0.3) is 11.6 Å². The highest BCUT2D eigenvalue weighted by atomic mass is 32.2. The van der Waals surface area contributed by atoms with E-state index in [-0.39, 0.29) is 17.7 Å². The molecule has 0 saturated heterocycles. The Morgan fingerprint density at radius 2 is 2.07 bits per heavy atom. The van der Waals surface area contributed by atoms with E-state index >= 15 is 0 Å². The van der Waals surface area contributed by atoms with Crippen molar-refractivity contribution < 1.29 is 9.72 Å². The number of amides is 1. The third-order valence-corrected chi connectivity index (χ3v) is 5.83. The number of nitrogens with one attached hydrogen (secondary N) is 1. The predicted octanol–water partition coefficient (Wildman–Crippen LogP) is 4.83. The van der Waals surface area contributed by atoms with Crippen LogP contribution in [0.25, 0.3) is 0 Å². The van der Waals surface area contributed by atoms with Gasteiger partial charge in [0, 0.05) is 28.4 Å². The van der Waals surface area contributed by atoms with Crippen molar-refractivity contribution in [2.24, 2.45) is 0 Å². The van der Waals surface area contributed by atoms with Crippen LogP contribution in [-0.2, 0) is 6.42 Å². The molecule has 9 heteroatoms. The number of hydrogen-bond acceptors (Lipinski definition) is 7. The smallest absolute Gasteiger partial charge is 0.284 e. The van der Waals surface area contributed by atoms with Gasteiger partial charge in [0.1, 0.15) is 0 Å². The van der Waals surface area contributed by atoms with Crippen molar-refractivity contribution in [1.82, 2.24) is 4.98 Å². The first-order valence-electron chi connectivity index (χ1n) is 8.12. The van der Waals surface area contributed by atoms with Gasteiger partial charge in [-0.25, -0.2) is 4.98 Å². The summed E-state index contributed by atoms with van der Waals surface area (Å²) in [6.45, 7) is 1.86. The standard InChI is InChI=1S/C19H14N4O3S2/c1-12-11-27-19(21-12)28-17-7-4-14(10-16(17)23(25)26)18(24)22-15-5-2-13(3-6-15)8-9-20/h2-7,10-11H,8H2,1H3,(H,22,24). The number of rotatable bonds is 6. The Bertz CT molecular complexity index is 1070. The van der Waals surface area contributed by atoms with Crippen LogP contribution in [0.3, 0.4) is 0 Å². The van der Waals surface area contributed by atoms with Crippen molar-refractivity contribution in [2.45, 2.75) is 22.6 Å². The zero-order valence-corrected chi connectivity index (χ0v) is 16.3. The minimum absolute atomic E-state index is 0.144. The molecule has 0 spiro atoms. The van der Waals surface area contributed by atoms with Gasteiger partial charge in [-0.3, -0.25) is 14.9 Å². The van der Waals surface area contributed by atoms with Crippen LogP contribution in [0.15, 0.2) is 57.1 Å². The molecule has 0 bridgehead atoms. The molecule has 3 aromatic rings. The molecule has 0 aliphatic heterocycles. The summed E-state index contributed by atoms with van der Waals surface area (Å²) in [6.07, 6.45) is 0.290. The minimum atomic E-state index is -0.504. The number of nitro benzene ring substituents is 1.